The maximum absolute atomic E-state index is 13.1. The molecule has 2 aromatic carbocycles. The Labute approximate surface area is 183 Å². The van der Waals surface area contributed by atoms with Crippen LogP contribution in [0.15, 0.2) is 59.5 Å². The van der Waals surface area contributed by atoms with Crippen molar-refractivity contribution in [3.63, 3.8) is 0 Å². The molecule has 6 heteroatoms. The minimum atomic E-state index is -0.511. The molecule has 0 aliphatic heterocycles. The summed E-state index contributed by atoms with van der Waals surface area (Å²) in [6.07, 6.45) is 1.40. The fourth-order valence-electron chi connectivity index (χ4n) is 2.89. The van der Waals surface area contributed by atoms with Crippen molar-refractivity contribution in [2.24, 2.45) is 0 Å². The van der Waals surface area contributed by atoms with Crippen molar-refractivity contribution in [3.05, 3.63) is 65.2 Å². The maximum atomic E-state index is 13.1. The number of carbonyl (C=O) groups is 2. The highest BCUT2D eigenvalue weighted by Gasteiger charge is 2.29. The molecule has 0 spiro atoms. The Hall–Kier alpha value is -1.98. The van der Waals surface area contributed by atoms with Gasteiger partial charge >= 0.3 is 0 Å². The van der Waals surface area contributed by atoms with E-state index in [0.29, 0.717) is 18.0 Å². The predicted octanol–water partition coefficient (Wildman–Crippen LogP) is 5.15. The lowest BCUT2D eigenvalue weighted by atomic mass is 10.1. The van der Waals surface area contributed by atoms with Crippen LogP contribution >= 0.6 is 23.4 Å². The molecule has 29 heavy (non-hydrogen) atoms. The number of carbonyl (C=O) groups excluding carboxylic acids is 2. The van der Waals surface area contributed by atoms with E-state index in [1.165, 1.54) is 11.8 Å². The Morgan fingerprint density at radius 2 is 1.69 bits per heavy atom. The zero-order valence-corrected chi connectivity index (χ0v) is 18.8. The van der Waals surface area contributed by atoms with E-state index in [4.69, 9.17) is 11.6 Å². The summed E-state index contributed by atoms with van der Waals surface area (Å²) in [5.74, 6) is 0.124. The van der Waals surface area contributed by atoms with Gasteiger partial charge < -0.3 is 10.2 Å². The van der Waals surface area contributed by atoms with E-state index >= 15 is 0 Å². The third kappa shape index (κ3) is 7.41. The van der Waals surface area contributed by atoms with E-state index in [2.05, 4.69) is 5.32 Å². The minimum Gasteiger partial charge on any atom is -0.352 e. The fraction of sp³-hybridized carbons (Fsp3) is 0.391. The van der Waals surface area contributed by atoms with E-state index in [0.717, 1.165) is 16.9 Å². The van der Waals surface area contributed by atoms with Gasteiger partial charge in [-0.15, -0.1) is 11.8 Å². The van der Waals surface area contributed by atoms with Crippen molar-refractivity contribution in [1.82, 2.24) is 10.2 Å². The number of rotatable bonds is 10. The summed E-state index contributed by atoms with van der Waals surface area (Å²) in [6, 6.07) is 16.8. The summed E-state index contributed by atoms with van der Waals surface area (Å²) >= 11 is 7.48. The molecule has 0 saturated carbocycles. The Balaban J connectivity index is 2.19. The van der Waals surface area contributed by atoms with Gasteiger partial charge in [0.2, 0.25) is 11.8 Å². The van der Waals surface area contributed by atoms with Gasteiger partial charge in [0, 0.05) is 22.5 Å². The lowest BCUT2D eigenvalue weighted by Crippen LogP contribution is -2.51. The average Bonchev–Trinajstić information content (AvgIpc) is 2.73. The maximum Gasteiger partial charge on any atom is 0.243 e. The van der Waals surface area contributed by atoms with Crippen LogP contribution in [0.25, 0.3) is 0 Å². The van der Waals surface area contributed by atoms with Gasteiger partial charge in [-0.05, 0) is 49.6 Å². The molecule has 2 aromatic rings. The molecule has 0 unspecified atom stereocenters. The molecule has 0 saturated heterocycles. The highest BCUT2D eigenvalue weighted by molar-refractivity contribution is 8.00. The van der Waals surface area contributed by atoms with Gasteiger partial charge in [-0.1, -0.05) is 55.8 Å². The number of hydrogen-bond donors (Lipinski definition) is 1. The fourth-order valence-corrected chi connectivity index (χ4v) is 3.82. The number of halogens is 1. The first-order valence-corrected chi connectivity index (χ1v) is 11.3. The molecule has 0 aliphatic carbocycles. The van der Waals surface area contributed by atoms with E-state index in [9.17, 15) is 9.59 Å². The van der Waals surface area contributed by atoms with E-state index < -0.39 is 6.04 Å². The molecule has 2 amide bonds. The normalized spacial score (nSPS) is 12.8. The van der Waals surface area contributed by atoms with Crippen molar-refractivity contribution in [1.29, 1.82) is 0 Å². The van der Waals surface area contributed by atoms with Crippen molar-refractivity contribution >= 4 is 35.2 Å². The number of amides is 2. The van der Waals surface area contributed by atoms with E-state index in [1.807, 2.05) is 63.2 Å². The van der Waals surface area contributed by atoms with Crippen LogP contribution in [0.5, 0.6) is 0 Å². The monoisotopic (exact) mass is 432 g/mol. The second-order valence-electron chi connectivity index (χ2n) is 6.99. The van der Waals surface area contributed by atoms with Crippen LogP contribution in [-0.4, -0.2) is 34.6 Å². The zero-order chi connectivity index (χ0) is 21.2. The van der Waals surface area contributed by atoms with E-state index in [-0.39, 0.29) is 23.6 Å². The molecule has 1 N–H and O–H groups in total. The number of thioether (sulfide) groups is 1. The molecule has 2 rings (SSSR count). The molecular weight excluding hydrogens is 404 g/mol. The SMILES string of the molecule is CC[C@@H](C)NC(=O)[C@H](CC)N(Cc1ccc(Cl)cc1)C(=O)CSc1ccccc1. The number of hydrogen-bond acceptors (Lipinski definition) is 3. The Kier molecular flexibility index (Phi) is 9.55. The predicted molar refractivity (Wildman–Crippen MR) is 121 cm³/mol. The summed E-state index contributed by atoms with van der Waals surface area (Å²) in [5.41, 5.74) is 0.947. The number of benzene rings is 2. The Bertz CT molecular complexity index is 783. The van der Waals surface area contributed by atoms with Gasteiger partial charge in [0.1, 0.15) is 6.04 Å². The van der Waals surface area contributed by atoms with Crippen LogP contribution in [-0.2, 0) is 16.1 Å². The smallest absolute Gasteiger partial charge is 0.243 e. The van der Waals surface area contributed by atoms with Gasteiger partial charge in [-0.25, -0.2) is 0 Å². The Morgan fingerprint density at radius 3 is 2.28 bits per heavy atom. The van der Waals surface area contributed by atoms with Crippen molar-refractivity contribution in [3.8, 4) is 0 Å². The quantitative estimate of drug-likeness (QED) is 0.528. The molecule has 0 heterocycles. The van der Waals surface area contributed by atoms with Crippen LogP contribution in [0, 0.1) is 0 Å². The number of nitrogens with one attached hydrogen (secondary N) is 1. The highest BCUT2D eigenvalue weighted by Crippen LogP contribution is 2.21. The van der Waals surface area contributed by atoms with Crippen LogP contribution in [0.4, 0.5) is 0 Å². The molecule has 0 fully saturated rings. The van der Waals surface area contributed by atoms with Gasteiger partial charge in [0.15, 0.2) is 0 Å². The van der Waals surface area contributed by atoms with Crippen molar-refractivity contribution in [2.45, 2.75) is 57.1 Å². The first kappa shape index (κ1) is 23.3. The van der Waals surface area contributed by atoms with Crippen LogP contribution < -0.4 is 5.32 Å². The first-order chi connectivity index (χ1) is 13.9. The Morgan fingerprint density at radius 1 is 1.03 bits per heavy atom. The van der Waals surface area contributed by atoms with E-state index in [1.54, 1.807) is 17.0 Å². The van der Waals surface area contributed by atoms with Crippen molar-refractivity contribution in [2.75, 3.05) is 5.75 Å². The zero-order valence-electron chi connectivity index (χ0n) is 17.2. The van der Waals surface area contributed by atoms with Crippen molar-refractivity contribution < 1.29 is 9.59 Å². The largest absolute Gasteiger partial charge is 0.352 e. The van der Waals surface area contributed by atoms with Gasteiger partial charge in [-0.2, -0.15) is 0 Å². The molecule has 156 valence electrons. The summed E-state index contributed by atoms with van der Waals surface area (Å²) in [6.45, 7) is 6.31. The number of nitrogens with zero attached hydrogens (tertiary/aromatic N) is 1. The highest BCUT2D eigenvalue weighted by atomic mass is 35.5. The molecule has 0 aromatic heterocycles. The second kappa shape index (κ2) is 11.9. The first-order valence-electron chi connectivity index (χ1n) is 9.96. The molecule has 4 nitrogen and oxygen atoms in total. The lowest BCUT2D eigenvalue weighted by Gasteiger charge is -2.31. The molecule has 0 bridgehead atoms. The third-order valence-electron chi connectivity index (χ3n) is 4.76. The molecular formula is C23H29ClN2O2S. The standard InChI is InChI=1S/C23H29ClN2O2S/c1-4-17(3)25-23(28)21(5-2)26(15-18-11-13-19(24)14-12-18)22(27)16-29-20-9-7-6-8-10-20/h6-14,17,21H,4-5,15-16H2,1-3H3,(H,25,28)/t17-,21+/m1/s1. The molecule has 2 atom stereocenters. The van der Waals surface area contributed by atoms with Gasteiger partial charge in [-0.3, -0.25) is 9.59 Å². The van der Waals surface area contributed by atoms with Gasteiger partial charge in [0.25, 0.3) is 0 Å². The summed E-state index contributed by atoms with van der Waals surface area (Å²) in [4.78, 5) is 28.7. The molecule has 0 radical (unpaired) electrons. The third-order valence-corrected chi connectivity index (χ3v) is 6.01. The van der Waals surface area contributed by atoms with Crippen LogP contribution in [0.1, 0.15) is 39.2 Å². The summed E-state index contributed by atoms with van der Waals surface area (Å²) in [7, 11) is 0. The summed E-state index contributed by atoms with van der Waals surface area (Å²) in [5, 5.41) is 3.67. The van der Waals surface area contributed by atoms with Gasteiger partial charge in [0.05, 0.1) is 5.75 Å². The lowest BCUT2D eigenvalue weighted by molar-refractivity contribution is -0.139. The molecule has 0 aliphatic rings. The van der Waals surface area contributed by atoms with Crippen LogP contribution in [0.2, 0.25) is 5.02 Å². The minimum absolute atomic E-state index is 0.0556. The second-order valence-corrected chi connectivity index (χ2v) is 8.48. The average molecular weight is 433 g/mol. The summed E-state index contributed by atoms with van der Waals surface area (Å²) < 4.78 is 0. The van der Waals surface area contributed by atoms with Crippen LogP contribution in [0.3, 0.4) is 0 Å². The topological polar surface area (TPSA) is 49.4 Å².